The van der Waals surface area contributed by atoms with E-state index < -0.39 is 10.0 Å². The van der Waals surface area contributed by atoms with Crippen molar-refractivity contribution >= 4 is 21.6 Å². The summed E-state index contributed by atoms with van der Waals surface area (Å²) in [6.07, 6.45) is 6.01. The molecule has 0 saturated heterocycles. The summed E-state index contributed by atoms with van der Waals surface area (Å²) >= 11 is 0. The van der Waals surface area contributed by atoms with Crippen molar-refractivity contribution in [3.63, 3.8) is 0 Å². The Morgan fingerprint density at radius 2 is 1.72 bits per heavy atom. The first-order valence-electron chi connectivity index (χ1n) is 11.5. The summed E-state index contributed by atoms with van der Waals surface area (Å²) in [7, 11) is -2.48. The molecular formula is C27H28N4O4S. The molecule has 0 radical (unpaired) electrons. The van der Waals surface area contributed by atoms with Crippen molar-refractivity contribution < 1.29 is 17.9 Å². The number of imidazole rings is 1. The van der Waals surface area contributed by atoms with Gasteiger partial charge in [0.1, 0.15) is 5.75 Å². The highest BCUT2D eigenvalue weighted by atomic mass is 32.2. The Morgan fingerprint density at radius 1 is 1.00 bits per heavy atom. The number of sulfonamides is 1. The second kappa shape index (κ2) is 11.5. The van der Waals surface area contributed by atoms with Gasteiger partial charge in [0.15, 0.2) is 0 Å². The van der Waals surface area contributed by atoms with E-state index in [1.54, 1.807) is 48.9 Å². The van der Waals surface area contributed by atoms with E-state index in [9.17, 15) is 13.2 Å². The normalized spacial score (nSPS) is 11.1. The first-order chi connectivity index (χ1) is 17.5. The van der Waals surface area contributed by atoms with Crippen LogP contribution < -0.4 is 14.4 Å². The first-order valence-corrected chi connectivity index (χ1v) is 13.0. The molecule has 4 rings (SSSR count). The standard InChI is InChI=1S/C27H28N4O4S/c1-35-23-12-14-24(15-13-23)36(33,34)31(20-22-8-3-2-4-9-22)26-11-6-5-10-25(26)27(32)29-16-7-18-30-19-17-28-21-30/h2-6,8-15,17,19,21H,7,16,18,20H2,1H3,(H,29,32). The van der Waals surface area contributed by atoms with Crippen LogP contribution in [-0.4, -0.2) is 37.5 Å². The SMILES string of the molecule is COc1ccc(S(=O)(=O)N(Cc2ccccc2)c2ccccc2C(=O)NCCCn2ccnc2)cc1. The molecule has 0 spiro atoms. The summed E-state index contributed by atoms with van der Waals surface area (Å²) in [6, 6.07) is 22.3. The Labute approximate surface area is 211 Å². The van der Waals surface area contributed by atoms with E-state index >= 15 is 0 Å². The molecule has 1 N–H and O–H groups in total. The Balaban J connectivity index is 1.63. The fraction of sp³-hybridized carbons (Fsp3) is 0.185. The Morgan fingerprint density at radius 3 is 2.42 bits per heavy atom. The third-order valence-corrected chi connectivity index (χ3v) is 7.45. The van der Waals surface area contributed by atoms with E-state index in [4.69, 9.17) is 4.74 Å². The van der Waals surface area contributed by atoms with Gasteiger partial charge in [0, 0.05) is 25.5 Å². The molecular weight excluding hydrogens is 476 g/mol. The number of hydrogen-bond acceptors (Lipinski definition) is 5. The number of rotatable bonds is 11. The highest BCUT2D eigenvalue weighted by molar-refractivity contribution is 7.92. The van der Waals surface area contributed by atoms with Crippen LogP contribution in [0.2, 0.25) is 0 Å². The van der Waals surface area contributed by atoms with E-state index in [2.05, 4.69) is 10.3 Å². The minimum atomic E-state index is -4.00. The number of methoxy groups -OCH3 is 1. The molecule has 0 fully saturated rings. The predicted octanol–water partition coefficient (Wildman–Crippen LogP) is 4.11. The zero-order valence-electron chi connectivity index (χ0n) is 19.9. The van der Waals surface area contributed by atoms with Gasteiger partial charge in [-0.15, -0.1) is 0 Å². The zero-order valence-corrected chi connectivity index (χ0v) is 20.8. The van der Waals surface area contributed by atoms with Crippen LogP contribution in [0.15, 0.2) is 102 Å². The number of carbonyl (C=O) groups excluding carboxylic acids is 1. The molecule has 36 heavy (non-hydrogen) atoms. The molecule has 1 heterocycles. The minimum Gasteiger partial charge on any atom is -0.497 e. The lowest BCUT2D eigenvalue weighted by Gasteiger charge is -2.26. The number of hydrogen-bond donors (Lipinski definition) is 1. The van der Waals surface area contributed by atoms with E-state index in [-0.39, 0.29) is 22.9 Å². The average Bonchev–Trinajstić information content (AvgIpc) is 3.44. The van der Waals surface area contributed by atoms with Gasteiger partial charge in [-0.1, -0.05) is 42.5 Å². The summed E-state index contributed by atoms with van der Waals surface area (Å²) < 4.78 is 36.1. The smallest absolute Gasteiger partial charge is 0.264 e. The molecule has 0 aliphatic heterocycles. The number of amides is 1. The van der Waals surface area contributed by atoms with Crippen LogP contribution in [0.1, 0.15) is 22.3 Å². The van der Waals surface area contributed by atoms with Crippen molar-refractivity contribution in [2.24, 2.45) is 0 Å². The lowest BCUT2D eigenvalue weighted by molar-refractivity contribution is 0.0953. The summed E-state index contributed by atoms with van der Waals surface area (Å²) in [5.41, 5.74) is 1.39. The minimum absolute atomic E-state index is 0.0696. The number of nitrogens with one attached hydrogen (secondary N) is 1. The van der Waals surface area contributed by atoms with Crippen molar-refractivity contribution in [3.05, 3.63) is 109 Å². The van der Waals surface area contributed by atoms with Crippen LogP contribution in [0.25, 0.3) is 0 Å². The zero-order chi connectivity index (χ0) is 25.4. The highest BCUT2D eigenvalue weighted by Crippen LogP contribution is 2.30. The van der Waals surface area contributed by atoms with Crippen molar-refractivity contribution in [1.29, 1.82) is 0 Å². The molecule has 0 aliphatic carbocycles. The molecule has 3 aromatic carbocycles. The monoisotopic (exact) mass is 504 g/mol. The van der Waals surface area contributed by atoms with Crippen molar-refractivity contribution in [3.8, 4) is 5.75 Å². The lowest BCUT2D eigenvalue weighted by Crippen LogP contribution is -2.34. The molecule has 0 atom stereocenters. The van der Waals surface area contributed by atoms with Crippen LogP contribution >= 0.6 is 0 Å². The highest BCUT2D eigenvalue weighted by Gasteiger charge is 2.28. The molecule has 4 aromatic rings. The van der Waals surface area contributed by atoms with Gasteiger partial charge in [-0.2, -0.15) is 0 Å². The number of carbonyl (C=O) groups is 1. The van der Waals surface area contributed by atoms with Crippen molar-refractivity contribution in [2.45, 2.75) is 24.4 Å². The fourth-order valence-corrected chi connectivity index (χ4v) is 5.26. The number of aryl methyl sites for hydroxylation is 1. The molecule has 0 saturated carbocycles. The Hall–Kier alpha value is -4.11. The molecule has 186 valence electrons. The summed E-state index contributed by atoms with van der Waals surface area (Å²) in [4.78, 5) is 17.3. The van der Waals surface area contributed by atoms with Gasteiger partial charge in [-0.05, 0) is 48.4 Å². The molecule has 0 unspecified atom stereocenters. The van der Waals surface area contributed by atoms with Gasteiger partial charge in [-0.3, -0.25) is 9.10 Å². The third kappa shape index (κ3) is 5.92. The molecule has 1 amide bonds. The van der Waals surface area contributed by atoms with Crippen LogP contribution in [0.3, 0.4) is 0 Å². The number of aromatic nitrogens is 2. The predicted molar refractivity (Wildman–Crippen MR) is 138 cm³/mol. The van der Waals surface area contributed by atoms with E-state index in [0.717, 1.165) is 5.56 Å². The first kappa shape index (κ1) is 25.0. The Bertz CT molecular complexity index is 1370. The van der Waals surface area contributed by atoms with Crippen LogP contribution in [0, 0.1) is 0 Å². The molecule has 0 bridgehead atoms. The molecule has 8 nitrogen and oxygen atoms in total. The molecule has 9 heteroatoms. The molecule has 0 aliphatic rings. The van der Waals surface area contributed by atoms with Crippen LogP contribution in [0.5, 0.6) is 5.75 Å². The number of anilines is 1. The number of nitrogens with zero attached hydrogens (tertiary/aromatic N) is 3. The fourth-order valence-electron chi connectivity index (χ4n) is 3.78. The number of para-hydroxylation sites is 1. The summed E-state index contributed by atoms with van der Waals surface area (Å²) in [5, 5.41) is 2.92. The van der Waals surface area contributed by atoms with Gasteiger partial charge in [0.2, 0.25) is 0 Å². The van der Waals surface area contributed by atoms with Gasteiger partial charge < -0.3 is 14.6 Å². The number of ether oxygens (including phenoxy) is 1. The maximum absolute atomic E-state index is 13.8. The van der Waals surface area contributed by atoms with Crippen LogP contribution in [-0.2, 0) is 23.1 Å². The van der Waals surface area contributed by atoms with Crippen LogP contribution in [0.4, 0.5) is 5.69 Å². The summed E-state index contributed by atoms with van der Waals surface area (Å²) in [6.45, 7) is 1.23. The maximum atomic E-state index is 13.8. The Kier molecular flexibility index (Phi) is 8.02. The van der Waals surface area contributed by atoms with E-state index in [1.807, 2.05) is 41.1 Å². The quantitative estimate of drug-likeness (QED) is 0.310. The van der Waals surface area contributed by atoms with Crippen molar-refractivity contribution in [1.82, 2.24) is 14.9 Å². The van der Waals surface area contributed by atoms with Gasteiger partial charge >= 0.3 is 0 Å². The largest absolute Gasteiger partial charge is 0.497 e. The van der Waals surface area contributed by atoms with Gasteiger partial charge in [0.05, 0.1) is 36.1 Å². The third-order valence-electron chi connectivity index (χ3n) is 5.67. The van der Waals surface area contributed by atoms with Gasteiger partial charge in [-0.25, -0.2) is 13.4 Å². The van der Waals surface area contributed by atoms with Crippen molar-refractivity contribution in [2.75, 3.05) is 18.0 Å². The second-order valence-electron chi connectivity index (χ2n) is 8.10. The van der Waals surface area contributed by atoms with E-state index in [1.165, 1.54) is 23.5 Å². The van der Waals surface area contributed by atoms with E-state index in [0.29, 0.717) is 30.9 Å². The second-order valence-corrected chi connectivity index (χ2v) is 9.96. The summed E-state index contributed by atoms with van der Waals surface area (Å²) in [5.74, 6) is 0.221. The topological polar surface area (TPSA) is 93.5 Å². The number of benzene rings is 3. The lowest BCUT2D eigenvalue weighted by atomic mass is 10.1. The molecule has 1 aromatic heterocycles. The maximum Gasteiger partial charge on any atom is 0.264 e. The average molecular weight is 505 g/mol. The van der Waals surface area contributed by atoms with Gasteiger partial charge in [0.25, 0.3) is 15.9 Å².